The second-order valence-electron chi connectivity index (χ2n) is 6.22. The Morgan fingerprint density at radius 3 is 2.65 bits per heavy atom. The van der Waals surface area contributed by atoms with Crippen molar-refractivity contribution in [3.63, 3.8) is 0 Å². The van der Waals surface area contributed by atoms with E-state index in [2.05, 4.69) is 4.90 Å². The van der Waals surface area contributed by atoms with Crippen LogP contribution in [-0.4, -0.2) is 89.7 Å². The van der Waals surface area contributed by atoms with Crippen LogP contribution in [-0.2, 0) is 14.3 Å². The summed E-state index contributed by atoms with van der Waals surface area (Å²) in [4.78, 5) is 40.3. The molecule has 130 valence electrons. The molecule has 1 spiro atoms. The van der Waals surface area contributed by atoms with E-state index in [-0.39, 0.29) is 18.0 Å². The first kappa shape index (κ1) is 17.5. The maximum atomic E-state index is 12.3. The van der Waals surface area contributed by atoms with Gasteiger partial charge >= 0.3 is 12.1 Å². The average molecular weight is 327 g/mol. The second-order valence-corrected chi connectivity index (χ2v) is 6.22. The van der Waals surface area contributed by atoms with E-state index in [0.717, 1.165) is 0 Å². The monoisotopic (exact) mass is 327 g/mol. The summed E-state index contributed by atoms with van der Waals surface area (Å²) in [6.45, 7) is 3.96. The van der Waals surface area contributed by atoms with E-state index in [4.69, 9.17) is 4.74 Å². The van der Waals surface area contributed by atoms with E-state index in [1.54, 1.807) is 6.92 Å². The van der Waals surface area contributed by atoms with Crippen molar-refractivity contribution < 1.29 is 24.2 Å². The maximum absolute atomic E-state index is 12.3. The quantitative estimate of drug-likeness (QED) is 0.746. The van der Waals surface area contributed by atoms with Crippen molar-refractivity contribution in [3.05, 3.63) is 0 Å². The van der Waals surface area contributed by atoms with Crippen molar-refractivity contribution in [2.45, 2.75) is 31.7 Å². The number of piperazine rings is 1. The smallest absolute Gasteiger partial charge is 0.407 e. The van der Waals surface area contributed by atoms with E-state index < -0.39 is 12.1 Å². The van der Waals surface area contributed by atoms with Gasteiger partial charge in [0.05, 0.1) is 6.61 Å². The van der Waals surface area contributed by atoms with E-state index in [1.807, 2.05) is 7.05 Å². The molecular formula is C15H25N3O5. The molecule has 2 heterocycles. The first-order valence-corrected chi connectivity index (χ1v) is 8.00. The Balaban J connectivity index is 2.07. The Morgan fingerprint density at radius 1 is 1.26 bits per heavy atom. The molecule has 0 aliphatic carbocycles. The van der Waals surface area contributed by atoms with Gasteiger partial charge in [-0.1, -0.05) is 0 Å². The summed E-state index contributed by atoms with van der Waals surface area (Å²) >= 11 is 0. The highest BCUT2D eigenvalue weighted by Crippen LogP contribution is 2.32. The van der Waals surface area contributed by atoms with Gasteiger partial charge in [0.25, 0.3) is 0 Å². The molecule has 2 fully saturated rings. The predicted octanol–water partition coefficient (Wildman–Crippen LogP) is 0.226. The zero-order chi connectivity index (χ0) is 17.0. The van der Waals surface area contributed by atoms with Gasteiger partial charge in [-0.2, -0.15) is 0 Å². The zero-order valence-corrected chi connectivity index (χ0v) is 13.8. The highest BCUT2D eigenvalue weighted by Gasteiger charge is 2.43. The van der Waals surface area contributed by atoms with Crippen molar-refractivity contribution in [3.8, 4) is 0 Å². The fourth-order valence-corrected chi connectivity index (χ4v) is 3.39. The molecule has 2 amide bonds. The summed E-state index contributed by atoms with van der Waals surface area (Å²) in [6.07, 6.45) is 0.651. The highest BCUT2D eigenvalue weighted by atomic mass is 16.5. The molecular weight excluding hydrogens is 302 g/mol. The molecule has 0 aromatic heterocycles. The summed E-state index contributed by atoms with van der Waals surface area (Å²) in [5, 5.41) is 9.26. The minimum Gasteiger partial charge on any atom is -0.465 e. The molecule has 8 heteroatoms. The SMILES string of the molecule is CCOC(=O)CN1CC[C@@]2(CCC1=O)CN(C(=O)O)CCN2C. The topological polar surface area (TPSA) is 90.4 Å². The number of likely N-dealkylation sites (tertiary alicyclic amines) is 1. The lowest BCUT2D eigenvalue weighted by Crippen LogP contribution is -2.62. The molecule has 0 aromatic rings. The summed E-state index contributed by atoms with van der Waals surface area (Å²) in [5.41, 5.74) is -0.338. The van der Waals surface area contributed by atoms with Crippen molar-refractivity contribution in [2.24, 2.45) is 0 Å². The molecule has 0 saturated carbocycles. The Kier molecular flexibility index (Phi) is 5.46. The van der Waals surface area contributed by atoms with Crippen LogP contribution >= 0.6 is 0 Å². The van der Waals surface area contributed by atoms with Gasteiger partial charge in [0.2, 0.25) is 5.91 Å². The van der Waals surface area contributed by atoms with Crippen molar-refractivity contribution in [1.29, 1.82) is 0 Å². The third kappa shape index (κ3) is 3.93. The van der Waals surface area contributed by atoms with Gasteiger partial charge in [-0.15, -0.1) is 0 Å². The number of carboxylic acid groups (broad SMARTS) is 1. The number of amides is 2. The van der Waals surface area contributed by atoms with Crippen molar-refractivity contribution in [1.82, 2.24) is 14.7 Å². The summed E-state index contributed by atoms with van der Waals surface area (Å²) in [6, 6.07) is 0. The third-order valence-electron chi connectivity index (χ3n) is 4.90. The van der Waals surface area contributed by atoms with E-state index >= 15 is 0 Å². The molecule has 0 radical (unpaired) electrons. The third-order valence-corrected chi connectivity index (χ3v) is 4.90. The Hall–Kier alpha value is -1.83. The van der Waals surface area contributed by atoms with Gasteiger partial charge in [-0.05, 0) is 26.8 Å². The highest BCUT2D eigenvalue weighted by molar-refractivity contribution is 5.82. The maximum Gasteiger partial charge on any atom is 0.407 e. The number of nitrogens with zero attached hydrogens (tertiary/aromatic N) is 3. The van der Waals surface area contributed by atoms with Crippen LogP contribution in [0.2, 0.25) is 0 Å². The Labute approximate surface area is 136 Å². The fraction of sp³-hybridized carbons (Fsp3) is 0.800. The van der Waals surface area contributed by atoms with Gasteiger partial charge in [0.15, 0.2) is 0 Å². The predicted molar refractivity (Wildman–Crippen MR) is 82.0 cm³/mol. The number of rotatable bonds is 3. The van der Waals surface area contributed by atoms with Gasteiger partial charge < -0.3 is 19.6 Å². The normalized spacial score (nSPS) is 26.3. The van der Waals surface area contributed by atoms with Gasteiger partial charge in [0, 0.05) is 38.1 Å². The number of hydrogen-bond acceptors (Lipinski definition) is 5. The number of hydrogen-bond donors (Lipinski definition) is 1. The van der Waals surface area contributed by atoms with Gasteiger partial charge in [-0.25, -0.2) is 4.79 Å². The first-order chi connectivity index (χ1) is 10.9. The lowest BCUT2D eigenvalue weighted by atomic mass is 9.86. The minimum absolute atomic E-state index is 0.0326. The Bertz CT molecular complexity index is 484. The molecule has 2 aliphatic heterocycles. The minimum atomic E-state index is -0.920. The van der Waals surface area contributed by atoms with E-state index in [1.165, 1.54) is 9.80 Å². The zero-order valence-electron chi connectivity index (χ0n) is 13.8. The first-order valence-electron chi connectivity index (χ1n) is 8.00. The molecule has 0 unspecified atom stereocenters. The summed E-state index contributed by atoms with van der Waals surface area (Å²) in [7, 11) is 1.98. The van der Waals surface area contributed by atoms with Gasteiger partial charge in [-0.3, -0.25) is 14.5 Å². The molecule has 2 aliphatic rings. The molecule has 8 nitrogen and oxygen atoms in total. The number of carbonyl (C=O) groups is 3. The second kappa shape index (κ2) is 7.16. The van der Waals surface area contributed by atoms with Crippen LogP contribution in [0.15, 0.2) is 0 Å². The van der Waals surface area contributed by atoms with Gasteiger partial charge in [0.1, 0.15) is 6.54 Å². The van der Waals surface area contributed by atoms with Crippen LogP contribution < -0.4 is 0 Å². The number of esters is 1. The number of ether oxygens (including phenoxy) is 1. The van der Waals surface area contributed by atoms with E-state index in [0.29, 0.717) is 52.0 Å². The molecule has 2 saturated heterocycles. The molecule has 23 heavy (non-hydrogen) atoms. The van der Waals surface area contributed by atoms with Crippen LogP contribution in [0.25, 0.3) is 0 Å². The van der Waals surface area contributed by atoms with Crippen LogP contribution in [0.4, 0.5) is 4.79 Å². The summed E-state index contributed by atoms with van der Waals surface area (Å²) in [5.74, 6) is -0.475. The lowest BCUT2D eigenvalue weighted by molar-refractivity contribution is -0.148. The molecule has 1 N–H and O–H groups in total. The van der Waals surface area contributed by atoms with Crippen molar-refractivity contribution >= 4 is 18.0 Å². The van der Waals surface area contributed by atoms with Crippen LogP contribution in [0.5, 0.6) is 0 Å². The molecule has 0 bridgehead atoms. The fourth-order valence-electron chi connectivity index (χ4n) is 3.39. The van der Waals surface area contributed by atoms with Crippen LogP contribution in [0.3, 0.4) is 0 Å². The molecule has 2 rings (SSSR count). The number of likely N-dealkylation sites (N-methyl/N-ethyl adjacent to an activating group) is 1. The number of carbonyl (C=O) groups excluding carboxylic acids is 2. The van der Waals surface area contributed by atoms with Crippen molar-refractivity contribution in [2.75, 3.05) is 46.4 Å². The Morgan fingerprint density at radius 2 is 2.00 bits per heavy atom. The lowest BCUT2D eigenvalue weighted by Gasteiger charge is -2.48. The largest absolute Gasteiger partial charge is 0.465 e. The average Bonchev–Trinajstić information content (AvgIpc) is 2.65. The molecule has 0 aromatic carbocycles. The van der Waals surface area contributed by atoms with Crippen LogP contribution in [0, 0.1) is 0 Å². The molecule has 1 atom stereocenters. The van der Waals surface area contributed by atoms with Crippen LogP contribution in [0.1, 0.15) is 26.2 Å². The standard InChI is InChI=1S/C15H25N3O5/c1-3-23-13(20)10-17-7-6-15(5-4-12(17)19)11-18(14(21)22)9-8-16(15)2/h3-11H2,1-2H3,(H,21,22)/t15-/m0/s1. The summed E-state index contributed by atoms with van der Waals surface area (Å²) < 4.78 is 4.91. The van der Waals surface area contributed by atoms with E-state index in [9.17, 15) is 19.5 Å².